The van der Waals surface area contributed by atoms with E-state index in [2.05, 4.69) is 6.07 Å². The monoisotopic (exact) mass is 455 g/mol. The number of benzene rings is 2. The number of carbonyl (C=O) groups excluding carboxylic acids is 3. The molecule has 0 radical (unpaired) electrons. The standard InChI is InChI=1S/C27H25N3O4/c31-25-21-9-4-3-8-20(21)23(24-19-7-2-1-6-18(19)11-12-30(24)25)27(33)29-15-13-28(14-16-29)26(32)22-10-5-17-34-22/h1-10,17,23-24H,11-16H2/t23-,24-/m0/s1. The molecule has 1 fully saturated rings. The van der Waals surface area contributed by atoms with E-state index in [1.165, 1.54) is 11.8 Å². The van der Waals surface area contributed by atoms with Gasteiger partial charge in [0, 0.05) is 38.3 Å². The summed E-state index contributed by atoms with van der Waals surface area (Å²) in [6, 6.07) is 18.7. The first-order chi connectivity index (χ1) is 16.6. The third-order valence-electron chi connectivity index (χ3n) is 7.31. The van der Waals surface area contributed by atoms with Crippen LogP contribution in [0.25, 0.3) is 0 Å². The maximum Gasteiger partial charge on any atom is 0.289 e. The van der Waals surface area contributed by atoms with Gasteiger partial charge in [-0.1, -0.05) is 42.5 Å². The zero-order valence-electron chi connectivity index (χ0n) is 18.7. The zero-order chi connectivity index (χ0) is 23.2. The fourth-order valence-electron chi connectivity index (χ4n) is 5.62. The second-order valence-corrected chi connectivity index (χ2v) is 9.05. The van der Waals surface area contributed by atoms with Crippen molar-refractivity contribution in [3.63, 3.8) is 0 Å². The summed E-state index contributed by atoms with van der Waals surface area (Å²) in [5.41, 5.74) is 3.66. The van der Waals surface area contributed by atoms with E-state index in [0.29, 0.717) is 44.0 Å². The smallest absolute Gasteiger partial charge is 0.289 e. The molecule has 0 saturated carbocycles. The molecule has 3 amide bonds. The van der Waals surface area contributed by atoms with E-state index in [-0.39, 0.29) is 23.8 Å². The molecule has 2 atom stereocenters. The largest absolute Gasteiger partial charge is 0.459 e. The molecule has 3 aliphatic rings. The van der Waals surface area contributed by atoms with Gasteiger partial charge in [0.05, 0.1) is 18.2 Å². The molecule has 34 heavy (non-hydrogen) atoms. The number of amides is 3. The second kappa shape index (κ2) is 8.17. The molecular weight excluding hydrogens is 430 g/mol. The van der Waals surface area contributed by atoms with Crippen LogP contribution in [0.1, 0.15) is 49.6 Å². The van der Waals surface area contributed by atoms with Crippen LogP contribution in [0.15, 0.2) is 71.3 Å². The Bertz CT molecular complexity index is 1260. The third-order valence-corrected chi connectivity index (χ3v) is 7.31. The number of furan rings is 1. The van der Waals surface area contributed by atoms with Crippen molar-refractivity contribution in [2.75, 3.05) is 32.7 Å². The summed E-state index contributed by atoms with van der Waals surface area (Å²) < 4.78 is 5.25. The summed E-state index contributed by atoms with van der Waals surface area (Å²) in [5, 5.41) is 0. The maximum atomic E-state index is 14.1. The fraction of sp³-hybridized carbons (Fsp3) is 0.296. The van der Waals surface area contributed by atoms with Crippen LogP contribution in [0, 0.1) is 0 Å². The lowest BCUT2D eigenvalue weighted by Crippen LogP contribution is -2.55. The number of nitrogens with zero attached hydrogens (tertiary/aromatic N) is 3. The van der Waals surface area contributed by atoms with Gasteiger partial charge in [-0.25, -0.2) is 0 Å². The molecule has 7 nitrogen and oxygen atoms in total. The Balaban J connectivity index is 1.32. The number of fused-ring (bicyclic) bond motifs is 4. The van der Waals surface area contributed by atoms with Crippen LogP contribution < -0.4 is 0 Å². The van der Waals surface area contributed by atoms with E-state index < -0.39 is 5.92 Å². The molecule has 0 aliphatic carbocycles. The van der Waals surface area contributed by atoms with E-state index in [0.717, 1.165) is 17.5 Å². The first kappa shape index (κ1) is 20.7. The third kappa shape index (κ3) is 3.22. The topological polar surface area (TPSA) is 74.1 Å². The van der Waals surface area contributed by atoms with Crippen molar-refractivity contribution in [3.8, 4) is 0 Å². The summed E-state index contributed by atoms with van der Waals surface area (Å²) in [6.45, 7) is 2.40. The van der Waals surface area contributed by atoms with Gasteiger partial charge in [0.25, 0.3) is 11.8 Å². The average Bonchev–Trinajstić information content (AvgIpc) is 3.43. The summed E-state index contributed by atoms with van der Waals surface area (Å²) in [7, 11) is 0. The average molecular weight is 456 g/mol. The van der Waals surface area contributed by atoms with Crippen LogP contribution in [-0.2, 0) is 11.2 Å². The number of rotatable bonds is 2. The summed E-state index contributed by atoms with van der Waals surface area (Å²) >= 11 is 0. The minimum Gasteiger partial charge on any atom is -0.459 e. The highest BCUT2D eigenvalue weighted by Gasteiger charge is 2.47. The van der Waals surface area contributed by atoms with Crippen LogP contribution >= 0.6 is 0 Å². The Labute approximate surface area is 197 Å². The Hall–Kier alpha value is -3.87. The molecule has 1 saturated heterocycles. The molecule has 3 aromatic rings. The second-order valence-electron chi connectivity index (χ2n) is 9.05. The fourth-order valence-corrected chi connectivity index (χ4v) is 5.62. The van der Waals surface area contributed by atoms with Crippen LogP contribution in [0.4, 0.5) is 0 Å². The molecule has 2 aromatic carbocycles. The molecule has 172 valence electrons. The number of hydrogen-bond acceptors (Lipinski definition) is 4. The van der Waals surface area contributed by atoms with Gasteiger partial charge in [-0.3, -0.25) is 14.4 Å². The van der Waals surface area contributed by atoms with Crippen LogP contribution in [0.3, 0.4) is 0 Å². The first-order valence-electron chi connectivity index (χ1n) is 11.7. The van der Waals surface area contributed by atoms with Crippen molar-refractivity contribution in [3.05, 3.63) is 94.9 Å². The lowest BCUT2D eigenvalue weighted by molar-refractivity contribution is -0.136. The van der Waals surface area contributed by atoms with E-state index in [4.69, 9.17) is 4.42 Å². The molecule has 6 rings (SSSR count). The van der Waals surface area contributed by atoms with Gasteiger partial charge >= 0.3 is 0 Å². The van der Waals surface area contributed by atoms with E-state index in [1.807, 2.05) is 52.3 Å². The summed E-state index contributed by atoms with van der Waals surface area (Å²) in [6.07, 6.45) is 2.28. The van der Waals surface area contributed by atoms with Crippen molar-refractivity contribution in [1.82, 2.24) is 14.7 Å². The van der Waals surface area contributed by atoms with Gasteiger partial charge in [-0.05, 0) is 41.3 Å². The molecular formula is C27H25N3O4. The molecule has 1 aromatic heterocycles. The number of piperazine rings is 1. The highest BCUT2D eigenvalue weighted by atomic mass is 16.3. The minimum atomic E-state index is -0.470. The Morgan fingerprint density at radius 3 is 2.26 bits per heavy atom. The van der Waals surface area contributed by atoms with Crippen molar-refractivity contribution < 1.29 is 18.8 Å². The number of carbonyl (C=O) groups is 3. The maximum absolute atomic E-state index is 14.1. The zero-order valence-corrected chi connectivity index (χ0v) is 18.7. The van der Waals surface area contributed by atoms with Crippen LogP contribution in [0.5, 0.6) is 0 Å². The molecule has 0 spiro atoms. The van der Waals surface area contributed by atoms with Gasteiger partial charge in [-0.15, -0.1) is 0 Å². The Kier molecular flexibility index (Phi) is 4.98. The minimum absolute atomic E-state index is 0.00647. The lowest BCUT2D eigenvalue weighted by Gasteiger charge is -2.47. The first-order valence-corrected chi connectivity index (χ1v) is 11.7. The van der Waals surface area contributed by atoms with Crippen molar-refractivity contribution >= 4 is 17.7 Å². The normalized spacial score (nSPS) is 21.5. The van der Waals surface area contributed by atoms with Gasteiger partial charge in [-0.2, -0.15) is 0 Å². The molecule has 3 aliphatic heterocycles. The lowest BCUT2D eigenvalue weighted by atomic mass is 9.75. The molecule has 0 bridgehead atoms. The Morgan fingerprint density at radius 1 is 0.794 bits per heavy atom. The Morgan fingerprint density at radius 2 is 1.50 bits per heavy atom. The van der Waals surface area contributed by atoms with Gasteiger partial charge in [0.1, 0.15) is 0 Å². The highest BCUT2D eigenvalue weighted by molar-refractivity contribution is 6.01. The summed E-state index contributed by atoms with van der Waals surface area (Å²) in [4.78, 5) is 45.5. The number of hydrogen-bond donors (Lipinski definition) is 0. The van der Waals surface area contributed by atoms with Crippen LogP contribution in [0.2, 0.25) is 0 Å². The van der Waals surface area contributed by atoms with E-state index in [9.17, 15) is 14.4 Å². The highest BCUT2D eigenvalue weighted by Crippen LogP contribution is 2.46. The molecule has 4 heterocycles. The summed E-state index contributed by atoms with van der Waals surface area (Å²) in [5.74, 6) is -0.306. The van der Waals surface area contributed by atoms with E-state index >= 15 is 0 Å². The van der Waals surface area contributed by atoms with Crippen LogP contribution in [-0.4, -0.2) is 65.1 Å². The van der Waals surface area contributed by atoms with Crippen molar-refractivity contribution in [1.29, 1.82) is 0 Å². The molecule has 0 N–H and O–H groups in total. The molecule has 7 heteroatoms. The predicted octanol–water partition coefficient (Wildman–Crippen LogP) is 3.10. The molecule has 0 unspecified atom stereocenters. The predicted molar refractivity (Wildman–Crippen MR) is 124 cm³/mol. The van der Waals surface area contributed by atoms with E-state index in [1.54, 1.807) is 17.0 Å². The quantitative estimate of drug-likeness (QED) is 0.595. The van der Waals surface area contributed by atoms with Gasteiger partial charge in [0.2, 0.25) is 5.91 Å². The van der Waals surface area contributed by atoms with Crippen molar-refractivity contribution in [2.45, 2.75) is 18.4 Å². The SMILES string of the molecule is O=C(c1ccco1)N1CCN(C(=O)[C@H]2c3ccccc3C(=O)N3CCc4ccccc4[C@@H]23)CC1. The van der Waals surface area contributed by atoms with Gasteiger partial charge < -0.3 is 19.1 Å². The van der Waals surface area contributed by atoms with Crippen molar-refractivity contribution in [2.24, 2.45) is 0 Å². The van der Waals surface area contributed by atoms with Gasteiger partial charge in [0.15, 0.2) is 5.76 Å².